The molecule has 0 aliphatic rings. The first kappa shape index (κ1) is 15.7. The Morgan fingerprint density at radius 1 is 1.00 bits per heavy atom. The molecule has 2 rings (SSSR count). The quantitative estimate of drug-likeness (QED) is 0.371. The maximum atomic E-state index is 12.4. The van der Waals surface area contributed by atoms with Crippen molar-refractivity contribution in [1.82, 2.24) is 0 Å². The molecule has 0 fully saturated rings. The van der Waals surface area contributed by atoms with E-state index < -0.39 is 10.9 Å². The van der Waals surface area contributed by atoms with Gasteiger partial charge in [0, 0.05) is 5.56 Å². The molecule has 0 unspecified atom stereocenters. The van der Waals surface area contributed by atoms with E-state index in [1.54, 1.807) is 19.1 Å². The number of hydrogen-bond donors (Lipinski definition) is 0. The highest BCUT2D eigenvalue weighted by atomic mass is 16.6. The molecular weight excluding hydrogens is 282 g/mol. The Balaban J connectivity index is 2.46. The van der Waals surface area contributed by atoms with Gasteiger partial charge in [0.2, 0.25) is 0 Å². The molecule has 0 saturated carbocycles. The van der Waals surface area contributed by atoms with Crippen LogP contribution in [-0.2, 0) is 0 Å². The minimum absolute atomic E-state index is 0.0368. The molecule has 0 aliphatic heterocycles. The van der Waals surface area contributed by atoms with Crippen molar-refractivity contribution < 1.29 is 14.5 Å². The summed E-state index contributed by atoms with van der Waals surface area (Å²) in [6.45, 7) is 7.20. The second kappa shape index (κ2) is 5.97. The summed E-state index contributed by atoms with van der Waals surface area (Å²) >= 11 is 0. The number of carbonyl (C=O) groups is 1. The number of rotatable bonds is 3. The van der Waals surface area contributed by atoms with Gasteiger partial charge in [0.25, 0.3) is 5.69 Å². The molecule has 5 nitrogen and oxygen atoms in total. The fourth-order valence-corrected chi connectivity index (χ4v) is 2.30. The van der Waals surface area contributed by atoms with Gasteiger partial charge in [0.05, 0.1) is 4.92 Å². The second-order valence-electron chi connectivity index (χ2n) is 5.27. The van der Waals surface area contributed by atoms with Gasteiger partial charge >= 0.3 is 5.97 Å². The number of nitro groups is 1. The Kier molecular flexibility index (Phi) is 4.26. The fraction of sp³-hybridized carbons (Fsp3) is 0.235. The van der Waals surface area contributed by atoms with Gasteiger partial charge in [0.1, 0.15) is 11.3 Å². The van der Waals surface area contributed by atoms with E-state index in [1.807, 2.05) is 32.9 Å². The molecule has 0 spiro atoms. The number of carbonyl (C=O) groups excluding carboxylic acids is 1. The molecule has 0 N–H and O–H groups in total. The van der Waals surface area contributed by atoms with Gasteiger partial charge in [-0.3, -0.25) is 10.1 Å². The Labute approximate surface area is 128 Å². The second-order valence-corrected chi connectivity index (χ2v) is 5.27. The van der Waals surface area contributed by atoms with E-state index in [4.69, 9.17) is 4.74 Å². The number of hydrogen-bond acceptors (Lipinski definition) is 4. The van der Waals surface area contributed by atoms with Crippen LogP contribution in [0.5, 0.6) is 5.75 Å². The standard InChI is InChI=1S/C17H17NO4/c1-10-8-9-12(3)16(13(10)4)22-17(19)14-7-5-6-11(2)15(14)18(20)21/h5-9H,1-4H3. The number of ether oxygens (including phenoxy) is 1. The molecule has 0 atom stereocenters. The molecule has 114 valence electrons. The summed E-state index contributed by atoms with van der Waals surface area (Å²) < 4.78 is 5.45. The highest BCUT2D eigenvalue weighted by Gasteiger charge is 2.24. The summed E-state index contributed by atoms with van der Waals surface area (Å²) in [6.07, 6.45) is 0. The monoisotopic (exact) mass is 299 g/mol. The van der Waals surface area contributed by atoms with Crippen molar-refractivity contribution in [3.05, 3.63) is 68.3 Å². The molecule has 5 heteroatoms. The van der Waals surface area contributed by atoms with Crippen molar-refractivity contribution in [1.29, 1.82) is 0 Å². The Bertz CT molecular complexity index is 765. The van der Waals surface area contributed by atoms with E-state index in [9.17, 15) is 14.9 Å². The number of aryl methyl sites for hydroxylation is 3. The van der Waals surface area contributed by atoms with Crippen LogP contribution < -0.4 is 4.74 Å². The zero-order chi connectivity index (χ0) is 16.4. The van der Waals surface area contributed by atoms with Crippen LogP contribution in [0.2, 0.25) is 0 Å². The number of nitro benzene ring substituents is 1. The molecule has 0 heterocycles. The fourth-order valence-electron chi connectivity index (χ4n) is 2.30. The SMILES string of the molecule is Cc1ccc(C)c(OC(=O)c2cccc(C)c2[N+](=O)[O-])c1C. The first-order valence-electron chi connectivity index (χ1n) is 6.86. The summed E-state index contributed by atoms with van der Waals surface area (Å²) in [6, 6.07) is 8.41. The van der Waals surface area contributed by atoms with Gasteiger partial charge in [0.15, 0.2) is 0 Å². The van der Waals surface area contributed by atoms with Crippen LogP contribution in [-0.4, -0.2) is 10.9 Å². The van der Waals surface area contributed by atoms with Gasteiger partial charge < -0.3 is 4.74 Å². The number of benzene rings is 2. The molecule has 0 bridgehead atoms. The van der Waals surface area contributed by atoms with Gasteiger partial charge in [-0.05, 0) is 50.5 Å². The molecule has 0 aromatic heterocycles. The van der Waals surface area contributed by atoms with Crippen molar-refractivity contribution >= 4 is 11.7 Å². The summed E-state index contributed by atoms with van der Waals surface area (Å²) in [5.41, 5.74) is 2.83. The third-order valence-corrected chi connectivity index (χ3v) is 3.71. The lowest BCUT2D eigenvalue weighted by molar-refractivity contribution is -0.385. The topological polar surface area (TPSA) is 69.4 Å². The maximum Gasteiger partial charge on any atom is 0.350 e. The molecule has 0 saturated heterocycles. The molecule has 2 aromatic carbocycles. The normalized spacial score (nSPS) is 10.4. The van der Waals surface area contributed by atoms with E-state index in [2.05, 4.69) is 0 Å². The van der Waals surface area contributed by atoms with Crippen LogP contribution in [0.4, 0.5) is 5.69 Å². The van der Waals surface area contributed by atoms with Gasteiger partial charge in [-0.15, -0.1) is 0 Å². The van der Waals surface area contributed by atoms with Crippen LogP contribution in [0.25, 0.3) is 0 Å². The van der Waals surface area contributed by atoms with Crippen LogP contribution in [0.15, 0.2) is 30.3 Å². The van der Waals surface area contributed by atoms with Crippen molar-refractivity contribution in [3.63, 3.8) is 0 Å². The lowest BCUT2D eigenvalue weighted by atomic mass is 10.0. The number of nitrogens with zero attached hydrogens (tertiary/aromatic N) is 1. The number of esters is 1. The zero-order valence-corrected chi connectivity index (χ0v) is 13.0. The maximum absolute atomic E-state index is 12.4. The van der Waals surface area contributed by atoms with E-state index in [1.165, 1.54) is 6.07 Å². The smallest absolute Gasteiger partial charge is 0.350 e. The Hall–Kier alpha value is -2.69. The molecule has 0 radical (unpaired) electrons. The van der Waals surface area contributed by atoms with E-state index in [0.717, 1.165) is 16.7 Å². The number of para-hydroxylation sites is 1. The van der Waals surface area contributed by atoms with Crippen molar-refractivity contribution in [2.45, 2.75) is 27.7 Å². The lowest BCUT2D eigenvalue weighted by Crippen LogP contribution is -2.13. The van der Waals surface area contributed by atoms with Crippen LogP contribution >= 0.6 is 0 Å². The molecule has 2 aromatic rings. The Morgan fingerprint density at radius 2 is 1.64 bits per heavy atom. The Morgan fingerprint density at radius 3 is 2.27 bits per heavy atom. The van der Waals surface area contributed by atoms with Crippen molar-refractivity contribution in [2.24, 2.45) is 0 Å². The van der Waals surface area contributed by atoms with Gasteiger partial charge in [-0.2, -0.15) is 0 Å². The average Bonchev–Trinajstić information content (AvgIpc) is 2.46. The summed E-state index contributed by atoms with van der Waals surface area (Å²) in [5.74, 6) is -0.256. The van der Waals surface area contributed by atoms with Gasteiger partial charge in [-0.1, -0.05) is 24.3 Å². The first-order chi connectivity index (χ1) is 10.3. The minimum Gasteiger partial charge on any atom is -0.422 e. The predicted molar refractivity (Wildman–Crippen MR) is 83.4 cm³/mol. The highest BCUT2D eigenvalue weighted by molar-refractivity contribution is 5.96. The summed E-state index contributed by atoms with van der Waals surface area (Å²) in [4.78, 5) is 23.0. The third kappa shape index (κ3) is 2.83. The minimum atomic E-state index is -0.716. The van der Waals surface area contributed by atoms with E-state index in [0.29, 0.717) is 11.3 Å². The molecular formula is C17H17NO4. The molecule has 22 heavy (non-hydrogen) atoms. The zero-order valence-electron chi connectivity index (χ0n) is 13.0. The third-order valence-electron chi connectivity index (χ3n) is 3.71. The lowest BCUT2D eigenvalue weighted by Gasteiger charge is -2.13. The first-order valence-corrected chi connectivity index (χ1v) is 6.86. The van der Waals surface area contributed by atoms with Crippen LogP contribution in [0.3, 0.4) is 0 Å². The van der Waals surface area contributed by atoms with E-state index >= 15 is 0 Å². The van der Waals surface area contributed by atoms with Crippen LogP contribution in [0, 0.1) is 37.8 Å². The average molecular weight is 299 g/mol. The molecule has 0 aliphatic carbocycles. The largest absolute Gasteiger partial charge is 0.422 e. The highest BCUT2D eigenvalue weighted by Crippen LogP contribution is 2.29. The summed E-state index contributed by atoms with van der Waals surface area (Å²) in [5, 5.41) is 11.2. The van der Waals surface area contributed by atoms with Gasteiger partial charge in [-0.25, -0.2) is 4.79 Å². The van der Waals surface area contributed by atoms with Crippen molar-refractivity contribution in [2.75, 3.05) is 0 Å². The predicted octanol–water partition coefficient (Wildman–Crippen LogP) is 4.05. The molecule has 0 amide bonds. The summed E-state index contributed by atoms with van der Waals surface area (Å²) in [7, 11) is 0. The van der Waals surface area contributed by atoms with E-state index in [-0.39, 0.29) is 11.3 Å². The van der Waals surface area contributed by atoms with Crippen molar-refractivity contribution in [3.8, 4) is 5.75 Å². The van der Waals surface area contributed by atoms with Crippen LogP contribution in [0.1, 0.15) is 32.6 Å².